The minimum atomic E-state index is -0.284. The van der Waals surface area contributed by atoms with Crippen LogP contribution in [0.2, 0.25) is 5.02 Å². The average molecular weight is 426 g/mol. The quantitative estimate of drug-likeness (QED) is 0.273. The summed E-state index contributed by atoms with van der Waals surface area (Å²) < 4.78 is 21.1. The third kappa shape index (κ3) is 4.78. The van der Waals surface area contributed by atoms with E-state index in [-0.39, 0.29) is 5.82 Å². The fraction of sp³-hybridized carbons (Fsp3) is 0.0909. The van der Waals surface area contributed by atoms with Gasteiger partial charge in [-0.05, 0) is 48.5 Å². The molecule has 0 aliphatic rings. The number of aromatic nitrogens is 3. The highest BCUT2D eigenvalue weighted by Gasteiger charge is 2.16. The van der Waals surface area contributed by atoms with E-state index in [4.69, 9.17) is 16.3 Å². The van der Waals surface area contributed by atoms with E-state index in [1.807, 2.05) is 47.0 Å². The first-order valence-electron chi connectivity index (χ1n) is 8.99. The predicted octanol–water partition coefficient (Wildman–Crippen LogP) is 5.90. The molecule has 29 heavy (non-hydrogen) atoms. The Bertz CT molecular complexity index is 1070. The third-order valence-electron chi connectivity index (χ3n) is 4.15. The lowest BCUT2D eigenvalue weighted by molar-refractivity contribution is 0.344. The maximum atomic E-state index is 13.4. The van der Waals surface area contributed by atoms with Crippen molar-refractivity contribution in [3.05, 3.63) is 89.7 Å². The highest BCUT2D eigenvalue weighted by Crippen LogP contribution is 2.28. The molecule has 0 spiro atoms. The van der Waals surface area contributed by atoms with Crippen molar-refractivity contribution in [3.63, 3.8) is 0 Å². The lowest BCUT2D eigenvalue weighted by Gasteiger charge is -2.11. The zero-order chi connectivity index (χ0) is 20.1. The molecule has 0 bridgehead atoms. The first-order valence-corrected chi connectivity index (χ1v) is 10.3. The number of benzene rings is 3. The molecule has 4 rings (SSSR count). The summed E-state index contributed by atoms with van der Waals surface area (Å²) in [5.74, 6) is 1.86. The Hall–Kier alpha value is -2.83. The molecule has 4 aromatic rings. The molecular formula is C22H17ClFN3OS. The second-order valence-electron chi connectivity index (χ2n) is 6.13. The molecule has 0 fully saturated rings. The van der Waals surface area contributed by atoms with E-state index >= 15 is 0 Å². The van der Waals surface area contributed by atoms with Crippen LogP contribution in [0, 0.1) is 5.82 Å². The molecule has 1 heterocycles. The summed E-state index contributed by atoms with van der Waals surface area (Å²) >= 11 is 7.42. The Morgan fingerprint density at radius 1 is 0.897 bits per heavy atom. The van der Waals surface area contributed by atoms with Crippen molar-refractivity contribution >= 4 is 23.4 Å². The largest absolute Gasteiger partial charge is 0.493 e. The lowest BCUT2D eigenvalue weighted by atomic mass is 10.2. The Balaban J connectivity index is 1.54. The molecule has 0 amide bonds. The van der Waals surface area contributed by atoms with Gasteiger partial charge in [0.25, 0.3) is 0 Å². The summed E-state index contributed by atoms with van der Waals surface area (Å²) in [7, 11) is 0. The van der Waals surface area contributed by atoms with E-state index in [1.54, 1.807) is 24.3 Å². The zero-order valence-corrected chi connectivity index (χ0v) is 16.9. The second kappa shape index (κ2) is 9.11. The van der Waals surface area contributed by atoms with Crippen molar-refractivity contribution in [2.75, 3.05) is 12.4 Å². The van der Waals surface area contributed by atoms with E-state index < -0.39 is 0 Å². The topological polar surface area (TPSA) is 39.9 Å². The molecule has 0 N–H and O–H groups in total. The number of hydrogen-bond acceptors (Lipinski definition) is 4. The monoisotopic (exact) mass is 425 g/mol. The van der Waals surface area contributed by atoms with Gasteiger partial charge in [0.15, 0.2) is 11.0 Å². The highest BCUT2D eigenvalue weighted by atomic mass is 35.5. The molecule has 0 atom stereocenters. The smallest absolute Gasteiger partial charge is 0.196 e. The van der Waals surface area contributed by atoms with Gasteiger partial charge in [-0.2, -0.15) is 0 Å². The Labute approximate surface area is 177 Å². The molecular weight excluding hydrogens is 409 g/mol. The molecule has 1 aromatic heterocycles. The van der Waals surface area contributed by atoms with Gasteiger partial charge in [-0.3, -0.25) is 4.57 Å². The molecule has 0 aliphatic carbocycles. The normalized spacial score (nSPS) is 10.8. The van der Waals surface area contributed by atoms with Gasteiger partial charge in [-0.1, -0.05) is 53.7 Å². The van der Waals surface area contributed by atoms with Crippen LogP contribution in [0.5, 0.6) is 5.75 Å². The van der Waals surface area contributed by atoms with E-state index in [9.17, 15) is 4.39 Å². The second-order valence-corrected chi connectivity index (χ2v) is 7.63. The van der Waals surface area contributed by atoms with Crippen molar-refractivity contribution in [2.24, 2.45) is 0 Å². The summed E-state index contributed by atoms with van der Waals surface area (Å²) in [5, 5.41) is 10.1. The maximum Gasteiger partial charge on any atom is 0.196 e. The van der Waals surface area contributed by atoms with Crippen molar-refractivity contribution in [1.82, 2.24) is 14.8 Å². The van der Waals surface area contributed by atoms with Gasteiger partial charge < -0.3 is 4.74 Å². The Kier molecular flexibility index (Phi) is 6.12. The van der Waals surface area contributed by atoms with Crippen molar-refractivity contribution < 1.29 is 9.13 Å². The maximum absolute atomic E-state index is 13.4. The Morgan fingerprint density at radius 2 is 1.62 bits per heavy atom. The van der Waals surface area contributed by atoms with E-state index in [2.05, 4.69) is 10.2 Å². The van der Waals surface area contributed by atoms with Crippen LogP contribution >= 0.6 is 23.4 Å². The SMILES string of the molecule is Fc1ccc(-n2c(SCCOc3ccc(Cl)cc3)nnc2-c2ccccc2)cc1. The number of halogens is 2. The summed E-state index contributed by atoms with van der Waals surface area (Å²) in [6, 6.07) is 23.4. The number of rotatable bonds is 7. The summed E-state index contributed by atoms with van der Waals surface area (Å²) in [6.45, 7) is 0.503. The minimum absolute atomic E-state index is 0.284. The molecule has 0 radical (unpaired) electrons. The van der Waals surface area contributed by atoms with Crippen LogP contribution in [0.15, 0.2) is 84.0 Å². The Morgan fingerprint density at radius 3 is 2.34 bits per heavy atom. The molecule has 7 heteroatoms. The van der Waals surface area contributed by atoms with Gasteiger partial charge in [0.05, 0.1) is 6.61 Å². The summed E-state index contributed by atoms with van der Waals surface area (Å²) in [5.41, 5.74) is 1.74. The third-order valence-corrected chi connectivity index (χ3v) is 5.29. The van der Waals surface area contributed by atoms with Crippen LogP contribution in [-0.2, 0) is 0 Å². The standard InChI is InChI=1S/C22H17ClFN3OS/c23-17-6-12-20(13-7-17)28-14-15-29-22-26-25-21(16-4-2-1-3-5-16)27(22)19-10-8-18(24)9-11-19/h1-13H,14-15H2. The molecule has 0 aliphatic heterocycles. The van der Waals surface area contributed by atoms with Crippen LogP contribution in [0.25, 0.3) is 17.1 Å². The lowest BCUT2D eigenvalue weighted by Crippen LogP contribution is -2.03. The first kappa shape index (κ1) is 19.5. The van der Waals surface area contributed by atoms with E-state index in [0.717, 1.165) is 22.2 Å². The van der Waals surface area contributed by atoms with Crippen LogP contribution in [0.3, 0.4) is 0 Å². The van der Waals surface area contributed by atoms with Crippen molar-refractivity contribution in [3.8, 4) is 22.8 Å². The summed E-state index contributed by atoms with van der Waals surface area (Å²) in [6.07, 6.45) is 0. The van der Waals surface area contributed by atoms with Crippen LogP contribution in [0.1, 0.15) is 0 Å². The molecule has 0 unspecified atom stereocenters. The zero-order valence-electron chi connectivity index (χ0n) is 15.3. The molecule has 146 valence electrons. The fourth-order valence-electron chi connectivity index (χ4n) is 2.78. The van der Waals surface area contributed by atoms with Crippen molar-refractivity contribution in [1.29, 1.82) is 0 Å². The van der Waals surface area contributed by atoms with Gasteiger partial charge in [0.2, 0.25) is 0 Å². The number of ether oxygens (including phenoxy) is 1. The molecule has 4 nitrogen and oxygen atoms in total. The number of thioether (sulfide) groups is 1. The number of nitrogens with zero attached hydrogens (tertiary/aromatic N) is 3. The number of hydrogen-bond donors (Lipinski definition) is 0. The molecule has 0 saturated carbocycles. The summed E-state index contributed by atoms with van der Waals surface area (Å²) in [4.78, 5) is 0. The molecule has 0 saturated heterocycles. The highest BCUT2D eigenvalue weighted by molar-refractivity contribution is 7.99. The van der Waals surface area contributed by atoms with Crippen LogP contribution < -0.4 is 4.74 Å². The van der Waals surface area contributed by atoms with Gasteiger partial charge >= 0.3 is 0 Å². The van der Waals surface area contributed by atoms with Crippen LogP contribution in [0.4, 0.5) is 4.39 Å². The first-order chi connectivity index (χ1) is 14.2. The average Bonchev–Trinajstić information content (AvgIpc) is 3.17. The van der Waals surface area contributed by atoms with Gasteiger partial charge in [0, 0.05) is 22.0 Å². The van der Waals surface area contributed by atoms with E-state index in [0.29, 0.717) is 23.2 Å². The van der Waals surface area contributed by atoms with Crippen molar-refractivity contribution in [2.45, 2.75) is 5.16 Å². The predicted molar refractivity (Wildman–Crippen MR) is 114 cm³/mol. The molecule has 3 aromatic carbocycles. The van der Waals surface area contributed by atoms with E-state index in [1.165, 1.54) is 23.9 Å². The minimum Gasteiger partial charge on any atom is -0.493 e. The van der Waals surface area contributed by atoms with Gasteiger partial charge in [-0.25, -0.2) is 4.39 Å². The van der Waals surface area contributed by atoms with Crippen LogP contribution in [-0.4, -0.2) is 27.1 Å². The van der Waals surface area contributed by atoms with Gasteiger partial charge in [-0.15, -0.1) is 10.2 Å². The van der Waals surface area contributed by atoms with Gasteiger partial charge in [0.1, 0.15) is 11.6 Å². The fourth-order valence-corrected chi connectivity index (χ4v) is 3.68.